The highest BCUT2D eigenvalue weighted by molar-refractivity contribution is 6.19. The Morgan fingerprint density at radius 3 is 2.26 bits per heavy atom. The first-order valence-electron chi connectivity index (χ1n) is 5.24. The van der Waals surface area contributed by atoms with E-state index in [1.54, 1.807) is 0 Å². The van der Waals surface area contributed by atoms with Crippen LogP contribution in [0.4, 0.5) is 13.2 Å². The van der Waals surface area contributed by atoms with Crippen LogP contribution >= 0.6 is 0 Å². The highest BCUT2D eigenvalue weighted by Gasteiger charge is 2.32. The van der Waals surface area contributed by atoms with Crippen molar-refractivity contribution in [2.75, 3.05) is 7.11 Å². The van der Waals surface area contributed by atoms with Crippen molar-refractivity contribution in [1.82, 2.24) is 0 Å². The summed E-state index contributed by atoms with van der Waals surface area (Å²) in [4.78, 5) is 22.6. The fourth-order valence-corrected chi connectivity index (χ4v) is 1.45. The van der Waals surface area contributed by atoms with Gasteiger partial charge < -0.3 is 4.74 Å². The molecule has 0 aliphatic carbocycles. The van der Waals surface area contributed by atoms with E-state index < -0.39 is 29.1 Å². The van der Waals surface area contributed by atoms with Crippen LogP contribution < -0.4 is 0 Å². The molecule has 19 heavy (non-hydrogen) atoms. The molecule has 0 saturated heterocycles. The van der Waals surface area contributed by atoms with Crippen molar-refractivity contribution >= 4 is 17.8 Å². The molecule has 0 atom stereocenters. The first-order chi connectivity index (χ1) is 8.77. The van der Waals surface area contributed by atoms with Gasteiger partial charge in [-0.1, -0.05) is 18.2 Å². The van der Waals surface area contributed by atoms with Crippen molar-refractivity contribution in [3.05, 3.63) is 41.0 Å². The maximum absolute atomic E-state index is 12.8. The van der Waals surface area contributed by atoms with Crippen molar-refractivity contribution < 1.29 is 27.5 Å². The Hall–Kier alpha value is -2.11. The van der Waals surface area contributed by atoms with Gasteiger partial charge in [0.1, 0.15) is 5.57 Å². The number of alkyl halides is 3. The Bertz CT molecular complexity index is 530. The Balaban J connectivity index is 3.38. The van der Waals surface area contributed by atoms with Crippen LogP contribution in [-0.2, 0) is 20.5 Å². The van der Waals surface area contributed by atoms with Crippen LogP contribution in [0.1, 0.15) is 18.1 Å². The summed E-state index contributed by atoms with van der Waals surface area (Å²) in [6.45, 7) is 1.08. The van der Waals surface area contributed by atoms with Crippen LogP contribution in [0.2, 0.25) is 0 Å². The number of ether oxygens (including phenoxy) is 1. The predicted octanol–water partition coefficient (Wildman–Crippen LogP) is 2.85. The summed E-state index contributed by atoms with van der Waals surface area (Å²) in [6.07, 6.45) is -3.68. The first kappa shape index (κ1) is 14.9. The number of methoxy groups -OCH3 is 1. The number of Topliss-reactive ketones (excluding diaryl/α,β-unsaturated/α-hetero) is 1. The Morgan fingerprint density at radius 2 is 1.79 bits per heavy atom. The molecule has 0 aromatic heterocycles. The molecule has 1 rings (SSSR count). The number of hydrogen-bond acceptors (Lipinski definition) is 3. The van der Waals surface area contributed by atoms with Crippen LogP contribution in [0.5, 0.6) is 0 Å². The Kier molecular flexibility index (Phi) is 4.47. The molecule has 102 valence electrons. The molecule has 0 aliphatic rings. The predicted molar refractivity (Wildman–Crippen MR) is 62.1 cm³/mol. The van der Waals surface area contributed by atoms with Crippen molar-refractivity contribution in [2.24, 2.45) is 0 Å². The molecule has 0 saturated carbocycles. The minimum absolute atomic E-state index is 0.259. The lowest BCUT2D eigenvalue weighted by molar-refractivity contribution is -0.139. The zero-order chi connectivity index (χ0) is 14.6. The summed E-state index contributed by atoms with van der Waals surface area (Å²) in [5, 5.41) is 0. The van der Waals surface area contributed by atoms with Gasteiger partial charge >= 0.3 is 12.1 Å². The number of hydrogen-bond donors (Lipinski definition) is 0. The van der Waals surface area contributed by atoms with Crippen LogP contribution in [0.15, 0.2) is 29.8 Å². The topological polar surface area (TPSA) is 43.4 Å². The molecule has 0 spiro atoms. The van der Waals surface area contributed by atoms with Gasteiger partial charge in [0.25, 0.3) is 0 Å². The zero-order valence-electron chi connectivity index (χ0n) is 10.2. The molecule has 0 aliphatic heterocycles. The van der Waals surface area contributed by atoms with E-state index in [4.69, 9.17) is 0 Å². The highest BCUT2D eigenvalue weighted by atomic mass is 19.4. The van der Waals surface area contributed by atoms with Crippen LogP contribution in [0.25, 0.3) is 6.08 Å². The van der Waals surface area contributed by atoms with Gasteiger partial charge in [-0.2, -0.15) is 13.2 Å². The quantitative estimate of drug-likeness (QED) is 0.368. The van der Waals surface area contributed by atoms with E-state index in [0.717, 1.165) is 26.2 Å². The summed E-state index contributed by atoms with van der Waals surface area (Å²) in [5.74, 6) is -1.63. The molecule has 1 aromatic rings. The second-order valence-electron chi connectivity index (χ2n) is 3.69. The zero-order valence-corrected chi connectivity index (χ0v) is 10.2. The van der Waals surface area contributed by atoms with E-state index in [1.165, 1.54) is 18.2 Å². The average Bonchev–Trinajstić information content (AvgIpc) is 2.34. The lowest BCUT2D eigenvalue weighted by atomic mass is 10.0. The molecular weight excluding hydrogens is 261 g/mol. The van der Waals surface area contributed by atoms with Crippen LogP contribution in [0.3, 0.4) is 0 Å². The number of carbonyl (C=O) groups excluding carboxylic acids is 2. The Morgan fingerprint density at radius 1 is 1.21 bits per heavy atom. The molecule has 0 radical (unpaired) electrons. The van der Waals surface area contributed by atoms with Gasteiger partial charge in [0.15, 0.2) is 5.78 Å². The maximum atomic E-state index is 12.8. The SMILES string of the molecule is COC(=O)C(=Cc1ccccc1C(F)(F)F)C(C)=O. The third kappa shape index (κ3) is 3.67. The molecular formula is C13H11F3O3. The number of halogens is 3. The van der Waals surface area contributed by atoms with E-state index >= 15 is 0 Å². The molecule has 0 amide bonds. The largest absolute Gasteiger partial charge is 0.465 e. The van der Waals surface area contributed by atoms with Gasteiger partial charge in [-0.05, 0) is 24.6 Å². The molecule has 0 heterocycles. The fraction of sp³-hybridized carbons (Fsp3) is 0.231. The van der Waals surface area contributed by atoms with E-state index in [-0.39, 0.29) is 5.56 Å². The molecule has 0 unspecified atom stereocenters. The van der Waals surface area contributed by atoms with Gasteiger partial charge in [-0.25, -0.2) is 4.79 Å². The van der Waals surface area contributed by atoms with Crippen LogP contribution in [0, 0.1) is 0 Å². The monoisotopic (exact) mass is 272 g/mol. The molecule has 3 nitrogen and oxygen atoms in total. The third-order valence-corrected chi connectivity index (χ3v) is 2.35. The maximum Gasteiger partial charge on any atom is 0.416 e. The van der Waals surface area contributed by atoms with E-state index in [1.807, 2.05) is 0 Å². The minimum Gasteiger partial charge on any atom is -0.465 e. The molecule has 0 bridgehead atoms. The van der Waals surface area contributed by atoms with Gasteiger partial charge in [0, 0.05) is 0 Å². The first-order valence-corrected chi connectivity index (χ1v) is 5.24. The molecule has 6 heteroatoms. The fourth-order valence-electron chi connectivity index (χ4n) is 1.45. The van der Waals surface area contributed by atoms with Gasteiger partial charge in [-0.15, -0.1) is 0 Å². The Labute approximate surface area is 107 Å². The number of benzene rings is 1. The smallest absolute Gasteiger partial charge is 0.416 e. The molecule has 0 fully saturated rings. The molecule has 1 aromatic carbocycles. The number of carbonyl (C=O) groups is 2. The summed E-state index contributed by atoms with van der Waals surface area (Å²) in [7, 11) is 1.05. The lowest BCUT2D eigenvalue weighted by Gasteiger charge is -2.10. The van der Waals surface area contributed by atoms with E-state index in [9.17, 15) is 22.8 Å². The second-order valence-corrected chi connectivity index (χ2v) is 3.69. The molecule has 0 N–H and O–H groups in total. The summed E-state index contributed by atoms with van der Waals surface area (Å²) in [5.41, 5.74) is -1.61. The van der Waals surface area contributed by atoms with Gasteiger partial charge in [0.2, 0.25) is 0 Å². The number of ketones is 1. The van der Waals surface area contributed by atoms with Crippen molar-refractivity contribution in [2.45, 2.75) is 13.1 Å². The summed E-state index contributed by atoms with van der Waals surface area (Å²) >= 11 is 0. The standard InChI is InChI=1S/C13H11F3O3/c1-8(17)10(12(18)19-2)7-9-5-3-4-6-11(9)13(14,15)16/h3-7H,1-2H3. The third-order valence-electron chi connectivity index (χ3n) is 2.35. The lowest BCUT2D eigenvalue weighted by Crippen LogP contribution is -2.13. The normalized spacial score (nSPS) is 12.2. The number of esters is 1. The van der Waals surface area contributed by atoms with Gasteiger partial charge in [0.05, 0.1) is 12.7 Å². The van der Waals surface area contributed by atoms with Crippen molar-refractivity contribution in [3.8, 4) is 0 Å². The summed E-state index contributed by atoms with van der Waals surface area (Å²) in [6, 6.07) is 4.66. The van der Waals surface area contributed by atoms with Crippen molar-refractivity contribution in [3.63, 3.8) is 0 Å². The van der Waals surface area contributed by atoms with Gasteiger partial charge in [-0.3, -0.25) is 4.79 Å². The summed E-state index contributed by atoms with van der Waals surface area (Å²) < 4.78 is 42.6. The van der Waals surface area contributed by atoms with E-state index in [0.29, 0.717) is 0 Å². The van der Waals surface area contributed by atoms with E-state index in [2.05, 4.69) is 4.74 Å². The number of rotatable bonds is 3. The highest BCUT2D eigenvalue weighted by Crippen LogP contribution is 2.32. The second kappa shape index (κ2) is 5.69. The van der Waals surface area contributed by atoms with Crippen molar-refractivity contribution in [1.29, 1.82) is 0 Å². The minimum atomic E-state index is -4.56. The van der Waals surface area contributed by atoms with Crippen LogP contribution in [-0.4, -0.2) is 18.9 Å². The average molecular weight is 272 g/mol.